The summed E-state index contributed by atoms with van der Waals surface area (Å²) < 4.78 is 1.81. The van der Waals surface area contributed by atoms with Crippen molar-refractivity contribution in [3.05, 3.63) is 66.0 Å². The van der Waals surface area contributed by atoms with Crippen molar-refractivity contribution in [3.63, 3.8) is 0 Å². The Morgan fingerprint density at radius 2 is 1.59 bits per heavy atom. The number of likely N-dealkylation sites (N-methyl/N-ethyl adjacent to an activating group) is 1. The SMILES string of the molecule is Cc1nnc2c3ccccc3c(N[C@@H](C)[C@H](c3ccccc3)N(C)C)nn12. The van der Waals surface area contributed by atoms with Crippen LogP contribution in [0.15, 0.2) is 54.6 Å². The van der Waals surface area contributed by atoms with Gasteiger partial charge < -0.3 is 10.2 Å². The minimum atomic E-state index is 0.146. The summed E-state index contributed by atoms with van der Waals surface area (Å²) in [6.45, 7) is 4.11. The zero-order valence-electron chi connectivity index (χ0n) is 16.1. The lowest BCUT2D eigenvalue weighted by Crippen LogP contribution is -2.34. The first kappa shape index (κ1) is 17.4. The smallest absolute Gasteiger partial charge is 0.185 e. The molecular formula is C21H24N6. The number of fused-ring (bicyclic) bond motifs is 3. The Morgan fingerprint density at radius 1 is 0.926 bits per heavy atom. The summed E-state index contributed by atoms with van der Waals surface area (Å²) in [5, 5.41) is 19.0. The average Bonchev–Trinajstić information content (AvgIpc) is 3.04. The van der Waals surface area contributed by atoms with E-state index in [0.29, 0.717) is 0 Å². The Balaban J connectivity index is 1.78. The molecule has 1 N–H and O–H groups in total. The van der Waals surface area contributed by atoms with Crippen molar-refractivity contribution in [2.24, 2.45) is 0 Å². The number of anilines is 1. The van der Waals surface area contributed by atoms with Crippen LogP contribution in [0.5, 0.6) is 0 Å². The van der Waals surface area contributed by atoms with Crippen molar-refractivity contribution in [2.45, 2.75) is 25.9 Å². The van der Waals surface area contributed by atoms with Gasteiger partial charge in [-0.05, 0) is 33.5 Å². The van der Waals surface area contributed by atoms with Crippen LogP contribution in [0, 0.1) is 6.92 Å². The van der Waals surface area contributed by atoms with E-state index in [9.17, 15) is 0 Å². The van der Waals surface area contributed by atoms with E-state index in [1.807, 2.05) is 29.6 Å². The Morgan fingerprint density at radius 3 is 2.30 bits per heavy atom. The standard InChI is InChI=1S/C21H24N6/c1-14(19(26(3)4)16-10-6-5-7-11-16)22-20-17-12-8-9-13-18(17)21-24-23-15(2)27(21)25-20/h5-14,19H,1-4H3,(H,22,25)/t14-,19+/m0/s1. The van der Waals surface area contributed by atoms with Crippen molar-refractivity contribution in [2.75, 3.05) is 19.4 Å². The number of nitrogens with one attached hydrogen (secondary N) is 1. The quantitative estimate of drug-likeness (QED) is 0.588. The van der Waals surface area contributed by atoms with Crippen LogP contribution in [0.25, 0.3) is 16.4 Å². The van der Waals surface area contributed by atoms with E-state index in [0.717, 1.165) is 28.1 Å². The van der Waals surface area contributed by atoms with Gasteiger partial charge >= 0.3 is 0 Å². The van der Waals surface area contributed by atoms with Gasteiger partial charge in [0.2, 0.25) is 0 Å². The molecule has 0 aliphatic carbocycles. The van der Waals surface area contributed by atoms with E-state index >= 15 is 0 Å². The molecule has 0 radical (unpaired) electrons. The molecule has 0 saturated heterocycles. The second kappa shape index (κ2) is 6.96. The molecule has 2 aromatic heterocycles. The molecule has 6 heteroatoms. The zero-order valence-corrected chi connectivity index (χ0v) is 16.1. The number of hydrogen-bond donors (Lipinski definition) is 1. The fourth-order valence-corrected chi connectivity index (χ4v) is 3.77. The Kier molecular flexibility index (Phi) is 4.49. The molecule has 4 aromatic rings. The van der Waals surface area contributed by atoms with Gasteiger partial charge in [-0.3, -0.25) is 0 Å². The maximum absolute atomic E-state index is 4.80. The number of rotatable bonds is 5. The molecule has 27 heavy (non-hydrogen) atoms. The summed E-state index contributed by atoms with van der Waals surface area (Å²) in [5.41, 5.74) is 2.06. The monoisotopic (exact) mass is 360 g/mol. The number of aryl methyl sites for hydroxylation is 1. The molecule has 0 aliphatic heterocycles. The van der Waals surface area contributed by atoms with E-state index in [2.05, 4.69) is 77.8 Å². The van der Waals surface area contributed by atoms with Gasteiger partial charge in [-0.1, -0.05) is 54.6 Å². The lowest BCUT2D eigenvalue weighted by Gasteiger charge is -2.31. The molecule has 0 fully saturated rings. The van der Waals surface area contributed by atoms with Gasteiger partial charge in [-0.15, -0.1) is 15.3 Å². The van der Waals surface area contributed by atoms with E-state index < -0.39 is 0 Å². The van der Waals surface area contributed by atoms with Crippen LogP contribution < -0.4 is 5.32 Å². The summed E-state index contributed by atoms with van der Waals surface area (Å²) >= 11 is 0. The summed E-state index contributed by atoms with van der Waals surface area (Å²) in [7, 11) is 4.21. The van der Waals surface area contributed by atoms with E-state index in [1.165, 1.54) is 5.56 Å². The number of aromatic nitrogens is 4. The predicted octanol–water partition coefficient (Wildman–Crippen LogP) is 3.69. The van der Waals surface area contributed by atoms with Crippen molar-refractivity contribution in [1.82, 2.24) is 24.7 Å². The molecule has 0 saturated carbocycles. The molecule has 2 aromatic carbocycles. The molecule has 4 rings (SSSR count). The molecule has 0 unspecified atom stereocenters. The third-order valence-corrected chi connectivity index (χ3v) is 4.96. The minimum Gasteiger partial charge on any atom is -0.364 e. The second-order valence-electron chi connectivity index (χ2n) is 7.13. The van der Waals surface area contributed by atoms with Crippen molar-refractivity contribution < 1.29 is 0 Å². The fourth-order valence-electron chi connectivity index (χ4n) is 3.77. The van der Waals surface area contributed by atoms with Crippen molar-refractivity contribution in [3.8, 4) is 0 Å². The Bertz CT molecular complexity index is 1070. The highest BCUT2D eigenvalue weighted by molar-refractivity contribution is 5.99. The first-order chi connectivity index (χ1) is 13.1. The minimum absolute atomic E-state index is 0.146. The number of nitrogens with zero attached hydrogens (tertiary/aromatic N) is 5. The highest BCUT2D eigenvalue weighted by Gasteiger charge is 2.23. The maximum atomic E-state index is 4.80. The highest BCUT2D eigenvalue weighted by atomic mass is 15.4. The third kappa shape index (κ3) is 3.13. The summed E-state index contributed by atoms with van der Waals surface area (Å²) in [4.78, 5) is 2.23. The van der Waals surface area contributed by atoms with Gasteiger partial charge in [0.05, 0.1) is 6.04 Å². The summed E-state index contributed by atoms with van der Waals surface area (Å²) in [6, 6.07) is 19.1. The van der Waals surface area contributed by atoms with Crippen LogP contribution in [0.3, 0.4) is 0 Å². The number of benzene rings is 2. The molecular weight excluding hydrogens is 336 g/mol. The third-order valence-electron chi connectivity index (χ3n) is 4.96. The van der Waals surface area contributed by atoms with Gasteiger partial charge in [0.15, 0.2) is 17.3 Å². The molecule has 2 heterocycles. The largest absolute Gasteiger partial charge is 0.364 e. The second-order valence-corrected chi connectivity index (χ2v) is 7.13. The van der Waals surface area contributed by atoms with Crippen LogP contribution in [0.2, 0.25) is 0 Å². The predicted molar refractivity (Wildman–Crippen MR) is 109 cm³/mol. The first-order valence-corrected chi connectivity index (χ1v) is 9.15. The normalized spacial score (nSPS) is 14.0. The van der Waals surface area contributed by atoms with E-state index in [1.54, 1.807) is 0 Å². The van der Waals surface area contributed by atoms with E-state index in [4.69, 9.17) is 5.10 Å². The van der Waals surface area contributed by atoms with Gasteiger partial charge in [0.25, 0.3) is 0 Å². The van der Waals surface area contributed by atoms with Gasteiger partial charge in [0, 0.05) is 16.8 Å². The zero-order chi connectivity index (χ0) is 19.0. The highest BCUT2D eigenvalue weighted by Crippen LogP contribution is 2.29. The van der Waals surface area contributed by atoms with Gasteiger partial charge in [-0.25, -0.2) is 0 Å². The van der Waals surface area contributed by atoms with Crippen molar-refractivity contribution >= 4 is 22.2 Å². The molecule has 138 valence electrons. The van der Waals surface area contributed by atoms with Gasteiger partial charge in [0.1, 0.15) is 0 Å². The van der Waals surface area contributed by atoms with Crippen molar-refractivity contribution in [1.29, 1.82) is 0 Å². The van der Waals surface area contributed by atoms with Crippen LogP contribution in [-0.2, 0) is 0 Å². The molecule has 0 spiro atoms. The maximum Gasteiger partial charge on any atom is 0.185 e. The fraction of sp³-hybridized carbons (Fsp3) is 0.286. The average molecular weight is 360 g/mol. The molecule has 2 atom stereocenters. The summed E-state index contributed by atoms with van der Waals surface area (Å²) in [6.07, 6.45) is 0. The van der Waals surface area contributed by atoms with Crippen LogP contribution in [0.1, 0.15) is 24.4 Å². The van der Waals surface area contributed by atoms with Gasteiger partial charge in [-0.2, -0.15) is 4.52 Å². The van der Waals surface area contributed by atoms with E-state index in [-0.39, 0.29) is 12.1 Å². The van der Waals surface area contributed by atoms with Crippen LogP contribution in [0.4, 0.5) is 5.82 Å². The van der Waals surface area contributed by atoms with Crippen LogP contribution in [-0.4, -0.2) is 44.8 Å². The van der Waals surface area contributed by atoms with Crippen LogP contribution >= 0.6 is 0 Å². The molecule has 6 nitrogen and oxygen atoms in total. The molecule has 0 bridgehead atoms. The first-order valence-electron chi connectivity index (χ1n) is 9.15. The lowest BCUT2D eigenvalue weighted by atomic mass is 9.99. The number of hydrogen-bond acceptors (Lipinski definition) is 5. The topological polar surface area (TPSA) is 58.4 Å². The Hall–Kier alpha value is -2.99. The molecule has 0 aliphatic rings. The Labute approximate surface area is 158 Å². The summed E-state index contributed by atoms with van der Waals surface area (Å²) in [5.74, 6) is 1.62. The molecule has 0 amide bonds. The lowest BCUT2D eigenvalue weighted by molar-refractivity contribution is 0.275.